The fraction of sp³-hybridized carbons (Fsp3) is 0.571. The van der Waals surface area contributed by atoms with Gasteiger partial charge in [0.25, 0.3) is 0 Å². The van der Waals surface area contributed by atoms with Crippen LogP contribution in [0.3, 0.4) is 0 Å². The van der Waals surface area contributed by atoms with Crippen molar-refractivity contribution in [2.75, 3.05) is 6.61 Å². The van der Waals surface area contributed by atoms with Crippen molar-refractivity contribution in [3.8, 4) is 5.75 Å². The smallest absolute Gasteiger partial charge is 0.119 e. The highest BCUT2D eigenvalue weighted by atomic mass is 16.5. The highest BCUT2D eigenvalue weighted by molar-refractivity contribution is 5.28. The van der Waals surface area contributed by atoms with Gasteiger partial charge in [-0.3, -0.25) is 0 Å². The van der Waals surface area contributed by atoms with Gasteiger partial charge in [-0.05, 0) is 50.8 Å². The molecule has 1 aromatic rings. The minimum Gasteiger partial charge on any atom is -0.494 e. The zero-order valence-electron chi connectivity index (χ0n) is 10.5. The molecule has 0 saturated heterocycles. The Morgan fingerprint density at radius 2 is 2.06 bits per heavy atom. The summed E-state index contributed by atoms with van der Waals surface area (Å²) in [5.74, 6) is 0.913. The molecule has 0 amide bonds. The maximum absolute atomic E-state index is 9.93. The molecule has 0 heterocycles. The maximum atomic E-state index is 9.93. The van der Waals surface area contributed by atoms with Gasteiger partial charge in [0.2, 0.25) is 0 Å². The van der Waals surface area contributed by atoms with Gasteiger partial charge in [0.1, 0.15) is 5.75 Å². The Morgan fingerprint density at radius 3 is 2.69 bits per heavy atom. The molecule has 2 nitrogen and oxygen atoms in total. The quantitative estimate of drug-likeness (QED) is 0.801. The van der Waals surface area contributed by atoms with Gasteiger partial charge in [-0.25, -0.2) is 0 Å². The molecular weight excluding hydrogens is 200 g/mol. The standard InChI is InChI=1S/C14H22O2/c1-4-14(3,15)10-9-12-7-6-8-13(11-12)16-5-2/h6-8,11,15H,4-5,9-10H2,1-3H3. The molecule has 16 heavy (non-hydrogen) atoms. The van der Waals surface area contributed by atoms with Crippen LogP contribution in [0.25, 0.3) is 0 Å². The lowest BCUT2D eigenvalue weighted by atomic mass is 9.94. The normalized spacial score (nSPS) is 14.5. The van der Waals surface area contributed by atoms with Crippen molar-refractivity contribution in [3.63, 3.8) is 0 Å². The number of hydrogen-bond donors (Lipinski definition) is 1. The van der Waals surface area contributed by atoms with Gasteiger partial charge in [-0.1, -0.05) is 19.1 Å². The molecule has 0 spiro atoms. The molecule has 2 heteroatoms. The van der Waals surface area contributed by atoms with Crippen LogP contribution < -0.4 is 4.74 Å². The van der Waals surface area contributed by atoms with E-state index in [1.165, 1.54) is 5.56 Å². The number of benzene rings is 1. The monoisotopic (exact) mass is 222 g/mol. The van der Waals surface area contributed by atoms with Gasteiger partial charge >= 0.3 is 0 Å². The summed E-state index contributed by atoms with van der Waals surface area (Å²) in [6.45, 7) is 6.57. The molecule has 0 aliphatic heterocycles. The van der Waals surface area contributed by atoms with Gasteiger partial charge < -0.3 is 9.84 Å². The molecular formula is C14H22O2. The van der Waals surface area contributed by atoms with Gasteiger partial charge in [-0.15, -0.1) is 0 Å². The molecule has 0 aromatic heterocycles. The van der Waals surface area contributed by atoms with Crippen LogP contribution >= 0.6 is 0 Å². The molecule has 90 valence electrons. The van der Waals surface area contributed by atoms with Crippen LogP contribution in [-0.4, -0.2) is 17.3 Å². The summed E-state index contributed by atoms with van der Waals surface area (Å²) in [6, 6.07) is 8.09. The molecule has 1 unspecified atom stereocenters. The summed E-state index contributed by atoms with van der Waals surface area (Å²) < 4.78 is 5.44. The van der Waals surface area contributed by atoms with E-state index >= 15 is 0 Å². The van der Waals surface area contributed by atoms with E-state index < -0.39 is 5.60 Å². The van der Waals surface area contributed by atoms with Crippen molar-refractivity contribution in [1.82, 2.24) is 0 Å². The molecule has 0 radical (unpaired) electrons. The molecule has 0 aliphatic carbocycles. The van der Waals surface area contributed by atoms with Gasteiger partial charge in [-0.2, -0.15) is 0 Å². The zero-order valence-corrected chi connectivity index (χ0v) is 10.5. The molecule has 1 aromatic carbocycles. The third-order valence-electron chi connectivity index (χ3n) is 2.92. The summed E-state index contributed by atoms with van der Waals surface area (Å²) in [7, 11) is 0. The predicted molar refractivity (Wildman–Crippen MR) is 66.8 cm³/mol. The second-order valence-corrected chi connectivity index (χ2v) is 4.43. The van der Waals surface area contributed by atoms with Crippen molar-refractivity contribution in [2.45, 2.75) is 45.6 Å². The van der Waals surface area contributed by atoms with Crippen LogP contribution in [0.15, 0.2) is 24.3 Å². The fourth-order valence-electron chi connectivity index (χ4n) is 1.55. The molecule has 1 atom stereocenters. The van der Waals surface area contributed by atoms with Gasteiger partial charge in [0.05, 0.1) is 12.2 Å². The van der Waals surface area contributed by atoms with Crippen molar-refractivity contribution >= 4 is 0 Å². The number of rotatable bonds is 6. The van der Waals surface area contributed by atoms with Crippen LogP contribution in [0.4, 0.5) is 0 Å². The number of ether oxygens (including phenoxy) is 1. The van der Waals surface area contributed by atoms with Crippen molar-refractivity contribution in [1.29, 1.82) is 0 Å². The molecule has 0 aliphatic rings. The second kappa shape index (κ2) is 5.90. The lowest BCUT2D eigenvalue weighted by Crippen LogP contribution is -2.23. The third kappa shape index (κ3) is 4.23. The average molecular weight is 222 g/mol. The van der Waals surface area contributed by atoms with E-state index in [9.17, 15) is 5.11 Å². The minimum absolute atomic E-state index is 0.554. The Kier molecular flexibility index (Phi) is 4.81. The maximum Gasteiger partial charge on any atom is 0.119 e. The summed E-state index contributed by atoms with van der Waals surface area (Å²) >= 11 is 0. The Labute approximate surface area is 98.3 Å². The lowest BCUT2D eigenvalue weighted by Gasteiger charge is -2.21. The van der Waals surface area contributed by atoms with E-state index in [0.29, 0.717) is 6.61 Å². The Bertz CT molecular complexity index is 318. The summed E-state index contributed by atoms with van der Waals surface area (Å²) in [4.78, 5) is 0. The molecule has 1 rings (SSSR count). The third-order valence-corrected chi connectivity index (χ3v) is 2.92. The van der Waals surface area contributed by atoms with Crippen LogP contribution in [0.2, 0.25) is 0 Å². The fourth-order valence-corrected chi connectivity index (χ4v) is 1.55. The van der Waals surface area contributed by atoms with E-state index in [2.05, 4.69) is 12.1 Å². The van der Waals surface area contributed by atoms with Crippen LogP contribution in [0, 0.1) is 0 Å². The van der Waals surface area contributed by atoms with Crippen molar-refractivity contribution < 1.29 is 9.84 Å². The van der Waals surface area contributed by atoms with E-state index in [4.69, 9.17) is 4.74 Å². The second-order valence-electron chi connectivity index (χ2n) is 4.43. The topological polar surface area (TPSA) is 29.5 Å². The average Bonchev–Trinajstić information content (AvgIpc) is 2.28. The van der Waals surface area contributed by atoms with Gasteiger partial charge in [0, 0.05) is 0 Å². The Hall–Kier alpha value is -1.02. The first kappa shape index (κ1) is 13.0. The van der Waals surface area contributed by atoms with Crippen LogP contribution in [0.1, 0.15) is 39.2 Å². The summed E-state index contributed by atoms with van der Waals surface area (Å²) in [6.07, 6.45) is 2.47. The van der Waals surface area contributed by atoms with E-state index in [-0.39, 0.29) is 0 Å². The van der Waals surface area contributed by atoms with E-state index in [1.54, 1.807) is 0 Å². The molecule has 1 N–H and O–H groups in total. The molecule has 0 saturated carbocycles. The molecule has 0 fully saturated rings. The first-order chi connectivity index (χ1) is 7.57. The van der Waals surface area contributed by atoms with Crippen LogP contribution in [0.5, 0.6) is 5.75 Å². The van der Waals surface area contributed by atoms with Crippen molar-refractivity contribution in [2.24, 2.45) is 0 Å². The van der Waals surface area contributed by atoms with E-state index in [0.717, 1.165) is 25.0 Å². The summed E-state index contributed by atoms with van der Waals surface area (Å²) in [5, 5.41) is 9.93. The Balaban J connectivity index is 2.57. The number of aryl methyl sites for hydroxylation is 1. The van der Waals surface area contributed by atoms with Crippen molar-refractivity contribution in [3.05, 3.63) is 29.8 Å². The molecule has 0 bridgehead atoms. The largest absolute Gasteiger partial charge is 0.494 e. The van der Waals surface area contributed by atoms with E-state index in [1.807, 2.05) is 32.9 Å². The lowest BCUT2D eigenvalue weighted by molar-refractivity contribution is 0.0473. The first-order valence-corrected chi connectivity index (χ1v) is 6.01. The first-order valence-electron chi connectivity index (χ1n) is 6.01. The number of hydrogen-bond acceptors (Lipinski definition) is 2. The minimum atomic E-state index is -0.554. The van der Waals surface area contributed by atoms with Gasteiger partial charge in [0.15, 0.2) is 0 Å². The highest BCUT2D eigenvalue weighted by Gasteiger charge is 2.16. The highest BCUT2D eigenvalue weighted by Crippen LogP contribution is 2.20. The zero-order chi connectivity index (χ0) is 12.0. The Morgan fingerprint density at radius 1 is 1.31 bits per heavy atom. The predicted octanol–water partition coefficient (Wildman–Crippen LogP) is 3.18. The van der Waals surface area contributed by atoms with Crippen LogP contribution in [-0.2, 0) is 6.42 Å². The SMILES string of the molecule is CCOc1cccc(CCC(C)(O)CC)c1. The summed E-state index contributed by atoms with van der Waals surface area (Å²) in [5.41, 5.74) is 0.668. The number of aliphatic hydroxyl groups is 1.